The molecule has 0 aliphatic carbocycles. The summed E-state index contributed by atoms with van der Waals surface area (Å²) in [5.74, 6) is 1.77. The van der Waals surface area contributed by atoms with E-state index in [-0.39, 0.29) is 0 Å². The number of hydrogen-bond acceptors (Lipinski definition) is 4. The van der Waals surface area contributed by atoms with Gasteiger partial charge in [0.15, 0.2) is 5.65 Å². The zero-order chi connectivity index (χ0) is 13.0. The molecule has 0 unspecified atom stereocenters. The van der Waals surface area contributed by atoms with Crippen molar-refractivity contribution in [2.24, 2.45) is 0 Å². The van der Waals surface area contributed by atoms with Gasteiger partial charge in [-0.2, -0.15) is 4.98 Å². The van der Waals surface area contributed by atoms with Crippen LogP contribution >= 0.6 is 11.6 Å². The molecule has 0 N–H and O–H groups in total. The Morgan fingerprint density at radius 1 is 1.28 bits per heavy atom. The Labute approximate surface area is 111 Å². The highest BCUT2D eigenvalue weighted by atomic mass is 35.5. The van der Waals surface area contributed by atoms with Gasteiger partial charge in [0.25, 0.3) is 0 Å². The van der Waals surface area contributed by atoms with E-state index in [9.17, 15) is 0 Å². The number of hydrogen-bond donors (Lipinski definition) is 0. The van der Waals surface area contributed by atoms with Gasteiger partial charge in [-0.25, -0.2) is 4.98 Å². The minimum Gasteiger partial charge on any atom is -0.481 e. The number of fused-ring (bicyclic) bond motifs is 1. The third-order valence-corrected chi connectivity index (χ3v) is 2.94. The molecular weight excluding hydrogens is 254 g/mol. The molecular formula is C12H16ClN3O2. The number of alkyl halides is 1. The van der Waals surface area contributed by atoms with Gasteiger partial charge in [0, 0.05) is 26.3 Å². The first-order chi connectivity index (χ1) is 8.80. The zero-order valence-electron chi connectivity index (χ0n) is 10.5. The van der Waals surface area contributed by atoms with Gasteiger partial charge in [-0.3, -0.25) is 0 Å². The SMILES string of the molecule is COCCCn1c(CCl)nc2ccc(OC)nc21. The van der Waals surface area contributed by atoms with Crippen LogP contribution in [0.3, 0.4) is 0 Å². The summed E-state index contributed by atoms with van der Waals surface area (Å²) in [4.78, 5) is 8.88. The molecule has 0 fully saturated rings. The van der Waals surface area contributed by atoms with Crippen LogP contribution in [0.1, 0.15) is 12.2 Å². The summed E-state index contributed by atoms with van der Waals surface area (Å²) >= 11 is 5.92. The van der Waals surface area contributed by atoms with Gasteiger partial charge in [0.2, 0.25) is 5.88 Å². The maximum absolute atomic E-state index is 5.92. The highest BCUT2D eigenvalue weighted by Gasteiger charge is 2.11. The Balaban J connectivity index is 2.38. The summed E-state index contributed by atoms with van der Waals surface area (Å²) in [5, 5.41) is 0. The van der Waals surface area contributed by atoms with Crippen molar-refractivity contribution in [1.82, 2.24) is 14.5 Å². The monoisotopic (exact) mass is 269 g/mol. The third kappa shape index (κ3) is 2.57. The first kappa shape index (κ1) is 13.1. The summed E-state index contributed by atoms with van der Waals surface area (Å²) in [6, 6.07) is 3.69. The molecule has 0 bridgehead atoms. The van der Waals surface area contributed by atoms with Crippen LogP contribution in [-0.2, 0) is 17.2 Å². The fourth-order valence-corrected chi connectivity index (χ4v) is 2.05. The lowest BCUT2D eigenvalue weighted by molar-refractivity contribution is 0.190. The highest BCUT2D eigenvalue weighted by molar-refractivity contribution is 6.16. The van der Waals surface area contributed by atoms with E-state index in [2.05, 4.69) is 9.97 Å². The molecule has 0 aromatic carbocycles. The molecule has 0 spiro atoms. The number of aryl methyl sites for hydroxylation is 1. The second-order valence-electron chi connectivity index (χ2n) is 3.86. The zero-order valence-corrected chi connectivity index (χ0v) is 11.3. The standard InChI is InChI=1S/C12H16ClN3O2/c1-17-7-3-6-16-10(8-13)14-9-4-5-11(18-2)15-12(9)16/h4-5H,3,6-8H2,1-2H3. The van der Waals surface area contributed by atoms with Crippen molar-refractivity contribution in [3.05, 3.63) is 18.0 Å². The number of aromatic nitrogens is 3. The van der Waals surface area contributed by atoms with Gasteiger partial charge >= 0.3 is 0 Å². The lowest BCUT2D eigenvalue weighted by Crippen LogP contribution is -2.06. The summed E-state index contributed by atoms with van der Waals surface area (Å²) < 4.78 is 12.2. The number of halogens is 1. The van der Waals surface area contributed by atoms with Crippen LogP contribution in [0.15, 0.2) is 12.1 Å². The molecule has 6 heteroatoms. The molecule has 2 rings (SSSR count). The van der Waals surface area contributed by atoms with Gasteiger partial charge in [-0.15, -0.1) is 11.6 Å². The van der Waals surface area contributed by atoms with Crippen molar-refractivity contribution in [2.75, 3.05) is 20.8 Å². The van der Waals surface area contributed by atoms with Crippen molar-refractivity contribution in [3.8, 4) is 5.88 Å². The van der Waals surface area contributed by atoms with Crippen LogP contribution in [-0.4, -0.2) is 35.4 Å². The Hall–Kier alpha value is -1.33. The van der Waals surface area contributed by atoms with Crippen LogP contribution in [0, 0.1) is 0 Å². The molecule has 2 aromatic heterocycles. The van der Waals surface area contributed by atoms with E-state index >= 15 is 0 Å². The maximum Gasteiger partial charge on any atom is 0.215 e. The Morgan fingerprint density at radius 2 is 2.11 bits per heavy atom. The highest BCUT2D eigenvalue weighted by Crippen LogP contribution is 2.19. The molecule has 0 radical (unpaired) electrons. The number of pyridine rings is 1. The van der Waals surface area contributed by atoms with Gasteiger partial charge in [0.1, 0.15) is 11.3 Å². The van der Waals surface area contributed by atoms with Crippen LogP contribution in [0.5, 0.6) is 5.88 Å². The largest absolute Gasteiger partial charge is 0.481 e. The number of rotatable bonds is 6. The van der Waals surface area contributed by atoms with Crippen LogP contribution in [0.25, 0.3) is 11.2 Å². The minimum atomic E-state index is 0.367. The second-order valence-corrected chi connectivity index (χ2v) is 4.12. The quantitative estimate of drug-likeness (QED) is 0.596. The number of ether oxygens (including phenoxy) is 2. The number of imidazole rings is 1. The minimum absolute atomic E-state index is 0.367. The predicted molar refractivity (Wildman–Crippen MR) is 70.1 cm³/mol. The third-order valence-electron chi connectivity index (χ3n) is 2.70. The first-order valence-corrected chi connectivity index (χ1v) is 6.28. The van der Waals surface area contributed by atoms with Crippen molar-refractivity contribution in [1.29, 1.82) is 0 Å². The fourth-order valence-electron chi connectivity index (χ4n) is 1.85. The Morgan fingerprint density at radius 3 is 2.78 bits per heavy atom. The molecule has 0 atom stereocenters. The lowest BCUT2D eigenvalue weighted by atomic mass is 10.4. The summed E-state index contributed by atoms with van der Waals surface area (Å²) in [6.07, 6.45) is 0.894. The smallest absolute Gasteiger partial charge is 0.215 e. The molecule has 5 nitrogen and oxygen atoms in total. The predicted octanol–water partition coefficient (Wildman–Crippen LogP) is 2.22. The molecule has 0 aliphatic rings. The summed E-state index contributed by atoms with van der Waals surface area (Å²) in [5.41, 5.74) is 1.64. The average molecular weight is 270 g/mol. The molecule has 0 amide bonds. The van der Waals surface area contributed by atoms with Gasteiger partial charge < -0.3 is 14.0 Å². The molecule has 0 saturated carbocycles. The topological polar surface area (TPSA) is 49.2 Å². The summed E-state index contributed by atoms with van der Waals surface area (Å²) in [6.45, 7) is 1.48. The second kappa shape index (κ2) is 6.02. The fraction of sp³-hybridized carbons (Fsp3) is 0.500. The van der Waals surface area contributed by atoms with Crippen LogP contribution in [0.2, 0.25) is 0 Å². The van der Waals surface area contributed by atoms with Crippen LogP contribution < -0.4 is 4.74 Å². The van der Waals surface area contributed by atoms with E-state index in [0.717, 1.165) is 30.0 Å². The Kier molecular flexibility index (Phi) is 4.38. The lowest BCUT2D eigenvalue weighted by Gasteiger charge is -2.07. The van der Waals surface area contributed by atoms with Crippen LogP contribution in [0.4, 0.5) is 0 Å². The first-order valence-electron chi connectivity index (χ1n) is 5.75. The number of methoxy groups -OCH3 is 2. The van der Waals surface area contributed by atoms with Crippen molar-refractivity contribution < 1.29 is 9.47 Å². The molecule has 2 aromatic rings. The molecule has 98 valence electrons. The molecule has 2 heterocycles. The Bertz CT molecular complexity index is 527. The summed E-state index contributed by atoms with van der Waals surface area (Å²) in [7, 11) is 3.29. The van der Waals surface area contributed by atoms with E-state index in [4.69, 9.17) is 21.1 Å². The van der Waals surface area contributed by atoms with Crippen molar-refractivity contribution in [3.63, 3.8) is 0 Å². The molecule has 0 saturated heterocycles. The van der Waals surface area contributed by atoms with E-state index in [1.807, 2.05) is 10.6 Å². The van der Waals surface area contributed by atoms with E-state index in [1.54, 1.807) is 20.3 Å². The maximum atomic E-state index is 5.92. The van der Waals surface area contributed by atoms with E-state index in [1.165, 1.54) is 0 Å². The van der Waals surface area contributed by atoms with Gasteiger partial charge in [-0.1, -0.05) is 0 Å². The van der Waals surface area contributed by atoms with E-state index < -0.39 is 0 Å². The number of nitrogens with zero attached hydrogens (tertiary/aromatic N) is 3. The van der Waals surface area contributed by atoms with Gasteiger partial charge in [-0.05, 0) is 12.5 Å². The average Bonchev–Trinajstić information content (AvgIpc) is 2.76. The molecule has 0 aliphatic heterocycles. The van der Waals surface area contributed by atoms with E-state index in [0.29, 0.717) is 18.4 Å². The van der Waals surface area contributed by atoms with Crippen molar-refractivity contribution >= 4 is 22.8 Å². The van der Waals surface area contributed by atoms with Crippen molar-refractivity contribution in [2.45, 2.75) is 18.8 Å². The normalized spacial score (nSPS) is 11.1. The molecule has 18 heavy (non-hydrogen) atoms. The van der Waals surface area contributed by atoms with Gasteiger partial charge in [0.05, 0.1) is 13.0 Å².